The molecule has 0 unspecified atom stereocenters. The molecule has 0 aliphatic rings. The molecule has 0 saturated carbocycles. The van der Waals surface area contributed by atoms with E-state index in [1.807, 2.05) is 42.7 Å². The molecule has 0 saturated heterocycles. The quantitative estimate of drug-likeness (QED) is 0.434. The van der Waals surface area contributed by atoms with Gasteiger partial charge in [0.05, 0.1) is 10.2 Å². The number of carbonyl (C=O) groups is 1. The molecule has 2 heterocycles. The van der Waals surface area contributed by atoms with Gasteiger partial charge in [-0.3, -0.25) is 14.5 Å². The van der Waals surface area contributed by atoms with E-state index in [0.717, 1.165) is 32.7 Å². The Morgan fingerprint density at radius 3 is 2.83 bits per heavy atom. The van der Waals surface area contributed by atoms with Crippen LogP contribution < -0.4 is 5.32 Å². The van der Waals surface area contributed by atoms with Crippen molar-refractivity contribution < 1.29 is 4.79 Å². The zero-order chi connectivity index (χ0) is 20.5. The van der Waals surface area contributed by atoms with E-state index in [4.69, 9.17) is 12.2 Å². The largest absolute Gasteiger partial charge is 0.302 e. The van der Waals surface area contributed by atoms with Crippen LogP contribution in [0.4, 0.5) is 5.13 Å². The first-order chi connectivity index (χ1) is 13.9. The Balaban J connectivity index is 1.49. The number of benzene rings is 2. The minimum atomic E-state index is -0.100. The highest BCUT2D eigenvalue weighted by Gasteiger charge is 2.13. The van der Waals surface area contributed by atoms with E-state index < -0.39 is 0 Å². The number of fused-ring (bicyclic) bond motifs is 1. The van der Waals surface area contributed by atoms with E-state index in [9.17, 15) is 4.79 Å². The van der Waals surface area contributed by atoms with Crippen molar-refractivity contribution in [2.75, 3.05) is 5.32 Å². The number of hydrogen-bond donors (Lipinski definition) is 2. The fourth-order valence-electron chi connectivity index (χ4n) is 3.35. The molecule has 4 rings (SSSR count). The van der Waals surface area contributed by atoms with Crippen molar-refractivity contribution in [1.82, 2.24) is 19.7 Å². The van der Waals surface area contributed by atoms with E-state index in [2.05, 4.69) is 39.6 Å². The molecule has 29 heavy (non-hydrogen) atoms. The Kier molecular flexibility index (Phi) is 5.29. The molecule has 8 heteroatoms. The molecule has 1 amide bonds. The van der Waals surface area contributed by atoms with Gasteiger partial charge in [-0.1, -0.05) is 41.2 Å². The number of hydrogen-bond acceptors (Lipinski definition) is 5. The maximum atomic E-state index is 12.5. The Labute approximate surface area is 177 Å². The van der Waals surface area contributed by atoms with Crippen molar-refractivity contribution in [1.29, 1.82) is 0 Å². The van der Waals surface area contributed by atoms with E-state index in [1.165, 1.54) is 16.9 Å². The number of aromatic amines is 1. The summed E-state index contributed by atoms with van der Waals surface area (Å²) in [6, 6.07) is 12.2. The minimum Gasteiger partial charge on any atom is -0.302 e. The number of anilines is 1. The van der Waals surface area contributed by atoms with Crippen LogP contribution in [0.3, 0.4) is 0 Å². The second-order valence-corrected chi connectivity index (χ2v) is 8.54. The maximum absolute atomic E-state index is 12.5. The highest BCUT2D eigenvalue weighted by atomic mass is 32.1. The normalized spacial score (nSPS) is 11.1. The summed E-state index contributed by atoms with van der Waals surface area (Å²) in [7, 11) is 0. The van der Waals surface area contributed by atoms with Gasteiger partial charge in [0.2, 0.25) is 5.91 Å². The summed E-state index contributed by atoms with van der Waals surface area (Å²) in [6.07, 6.45) is 0.278. The molecule has 0 atom stereocenters. The zero-order valence-corrected chi connectivity index (χ0v) is 18.1. The first-order valence-electron chi connectivity index (χ1n) is 9.30. The third-order valence-corrected chi connectivity index (χ3v) is 5.90. The molecule has 2 aromatic carbocycles. The molecule has 0 spiro atoms. The lowest BCUT2D eigenvalue weighted by molar-refractivity contribution is -0.116. The molecule has 4 aromatic rings. The van der Waals surface area contributed by atoms with Crippen LogP contribution >= 0.6 is 23.6 Å². The molecule has 0 fully saturated rings. The second-order valence-electron chi connectivity index (χ2n) is 7.12. The van der Waals surface area contributed by atoms with Gasteiger partial charge in [-0.15, -0.1) is 0 Å². The van der Waals surface area contributed by atoms with Gasteiger partial charge in [-0.25, -0.2) is 4.98 Å². The highest BCUT2D eigenvalue weighted by Crippen LogP contribution is 2.29. The lowest BCUT2D eigenvalue weighted by atomic mass is 10.1. The maximum Gasteiger partial charge on any atom is 0.227 e. The first kappa shape index (κ1) is 19.5. The molecule has 0 bridgehead atoms. The van der Waals surface area contributed by atoms with Crippen LogP contribution in [0.15, 0.2) is 36.4 Å². The SMILES string of the molecule is Cc1cccc(-c2n[nH]c(=S)n2CCC(=O)Nc2nc3c(C)cc(C)cc3s2)c1. The van der Waals surface area contributed by atoms with Crippen molar-refractivity contribution >= 4 is 44.8 Å². The lowest BCUT2D eigenvalue weighted by Gasteiger charge is -2.07. The predicted octanol–water partition coefficient (Wildman–Crippen LogP) is 5.17. The van der Waals surface area contributed by atoms with Crippen LogP contribution in [-0.4, -0.2) is 25.7 Å². The smallest absolute Gasteiger partial charge is 0.227 e. The van der Waals surface area contributed by atoms with Gasteiger partial charge in [0.25, 0.3) is 0 Å². The summed E-state index contributed by atoms with van der Waals surface area (Å²) in [5, 5.41) is 10.7. The Bertz CT molecular complexity index is 1270. The second kappa shape index (κ2) is 7.88. The van der Waals surface area contributed by atoms with Crippen LogP contribution in [0.2, 0.25) is 0 Å². The van der Waals surface area contributed by atoms with Crippen LogP contribution in [0.25, 0.3) is 21.6 Å². The minimum absolute atomic E-state index is 0.100. The molecule has 6 nitrogen and oxygen atoms in total. The van der Waals surface area contributed by atoms with E-state index in [-0.39, 0.29) is 12.3 Å². The van der Waals surface area contributed by atoms with Crippen LogP contribution in [0, 0.1) is 25.5 Å². The summed E-state index contributed by atoms with van der Waals surface area (Å²) < 4.78 is 3.44. The Hall–Kier alpha value is -2.84. The van der Waals surface area contributed by atoms with Gasteiger partial charge in [0.15, 0.2) is 15.7 Å². The third kappa shape index (κ3) is 4.13. The van der Waals surface area contributed by atoms with Gasteiger partial charge in [0, 0.05) is 18.5 Å². The number of amides is 1. The fourth-order valence-corrected chi connectivity index (χ4v) is 4.63. The van der Waals surface area contributed by atoms with Gasteiger partial charge in [-0.2, -0.15) is 5.10 Å². The number of carbonyl (C=O) groups excluding carboxylic acids is 1. The average molecular weight is 424 g/mol. The highest BCUT2D eigenvalue weighted by molar-refractivity contribution is 7.71. The fraction of sp³-hybridized carbons (Fsp3) is 0.238. The molecule has 148 valence electrons. The standard InChI is InChI=1S/C21H21N5OS2/c1-12-5-4-6-15(10-12)19-24-25-21(28)26(19)8-7-17(27)22-20-23-18-14(3)9-13(2)11-16(18)29-20/h4-6,9-11H,7-8H2,1-3H3,(H,25,28)(H,22,23,27). The summed E-state index contributed by atoms with van der Waals surface area (Å²) in [4.78, 5) is 17.1. The van der Waals surface area contributed by atoms with Crippen molar-refractivity contribution in [2.45, 2.75) is 33.7 Å². The number of nitrogens with one attached hydrogen (secondary N) is 2. The van der Waals surface area contributed by atoms with Crippen molar-refractivity contribution in [2.24, 2.45) is 0 Å². The monoisotopic (exact) mass is 423 g/mol. The van der Waals surface area contributed by atoms with E-state index in [1.54, 1.807) is 0 Å². The number of thiazole rings is 1. The van der Waals surface area contributed by atoms with Crippen molar-refractivity contribution in [3.8, 4) is 11.4 Å². The van der Waals surface area contributed by atoms with Gasteiger partial charge in [0.1, 0.15) is 0 Å². The summed E-state index contributed by atoms with van der Waals surface area (Å²) in [5.41, 5.74) is 5.35. The van der Waals surface area contributed by atoms with Crippen LogP contribution in [-0.2, 0) is 11.3 Å². The molecule has 2 aromatic heterocycles. The number of nitrogens with zero attached hydrogens (tertiary/aromatic N) is 3. The summed E-state index contributed by atoms with van der Waals surface area (Å²) >= 11 is 6.85. The molecular formula is C21H21N5OS2. The van der Waals surface area contributed by atoms with Crippen molar-refractivity contribution in [3.63, 3.8) is 0 Å². The van der Waals surface area contributed by atoms with Crippen LogP contribution in [0.1, 0.15) is 23.1 Å². The molecular weight excluding hydrogens is 402 g/mol. The Morgan fingerprint density at radius 1 is 1.21 bits per heavy atom. The third-order valence-electron chi connectivity index (χ3n) is 4.67. The molecule has 0 aliphatic carbocycles. The van der Waals surface area contributed by atoms with Gasteiger partial charge >= 0.3 is 0 Å². The zero-order valence-electron chi connectivity index (χ0n) is 16.4. The topological polar surface area (TPSA) is 75.6 Å². The summed E-state index contributed by atoms with van der Waals surface area (Å²) in [6.45, 7) is 6.57. The molecule has 2 N–H and O–H groups in total. The lowest BCUT2D eigenvalue weighted by Crippen LogP contribution is -2.15. The predicted molar refractivity (Wildman–Crippen MR) is 120 cm³/mol. The van der Waals surface area contributed by atoms with Crippen LogP contribution in [0.5, 0.6) is 0 Å². The van der Waals surface area contributed by atoms with E-state index in [0.29, 0.717) is 16.4 Å². The number of aryl methyl sites for hydroxylation is 3. The molecule has 0 radical (unpaired) electrons. The van der Waals surface area contributed by atoms with Gasteiger partial charge in [-0.05, 0) is 56.2 Å². The van der Waals surface area contributed by atoms with Gasteiger partial charge < -0.3 is 5.32 Å². The average Bonchev–Trinajstić information content (AvgIpc) is 3.23. The van der Waals surface area contributed by atoms with Crippen molar-refractivity contribution in [3.05, 3.63) is 57.9 Å². The van der Waals surface area contributed by atoms with E-state index >= 15 is 0 Å². The number of aromatic nitrogens is 4. The number of rotatable bonds is 5. The summed E-state index contributed by atoms with van der Waals surface area (Å²) in [5.74, 6) is 0.634. The number of H-pyrrole nitrogens is 1. The first-order valence-corrected chi connectivity index (χ1v) is 10.5. The Morgan fingerprint density at radius 2 is 2.03 bits per heavy atom. The molecule has 0 aliphatic heterocycles.